The van der Waals surface area contributed by atoms with Crippen LogP contribution in [0.1, 0.15) is 99.8 Å². The summed E-state index contributed by atoms with van der Waals surface area (Å²) < 4.78 is 19.8. The quantitative estimate of drug-likeness (QED) is 0.0982. The van der Waals surface area contributed by atoms with Crippen molar-refractivity contribution >= 4 is 26.4 Å². The van der Waals surface area contributed by atoms with E-state index in [0.29, 0.717) is 0 Å². The van der Waals surface area contributed by atoms with Gasteiger partial charge in [0.2, 0.25) is 6.48 Å². The van der Waals surface area contributed by atoms with Crippen LogP contribution in [0.4, 0.5) is 0 Å². The van der Waals surface area contributed by atoms with E-state index in [1.165, 1.54) is 57.4 Å². The van der Waals surface area contributed by atoms with Crippen molar-refractivity contribution in [1.29, 1.82) is 0 Å². The molecule has 0 saturated heterocycles. The van der Waals surface area contributed by atoms with Gasteiger partial charge in [-0.2, -0.15) is 0 Å². The maximum Gasteiger partial charge on any atom is 0.242 e. The van der Waals surface area contributed by atoms with Crippen molar-refractivity contribution in [1.82, 2.24) is 0 Å². The van der Waals surface area contributed by atoms with Gasteiger partial charge in [-0.1, -0.05) is 99.8 Å². The van der Waals surface area contributed by atoms with Crippen LogP contribution in [0.2, 0.25) is 42.3 Å². The van der Waals surface area contributed by atoms with Crippen LogP contribution in [0.5, 0.6) is 0 Å². The van der Waals surface area contributed by atoms with E-state index in [0.717, 1.165) is 36.3 Å². The predicted octanol–water partition coefficient (Wildman–Crippen LogP) is 7.97. The van der Waals surface area contributed by atoms with E-state index in [4.69, 9.17) is 13.3 Å². The van der Waals surface area contributed by atoms with E-state index in [1.54, 1.807) is 0 Å². The molecule has 3 nitrogen and oxygen atoms in total. The molecule has 0 heterocycles. The second kappa shape index (κ2) is 18.1. The average molecular weight is 463 g/mol. The van der Waals surface area contributed by atoms with E-state index >= 15 is 0 Å². The molecule has 0 N–H and O–H groups in total. The first-order chi connectivity index (χ1) is 14.0. The smallest absolute Gasteiger partial charge is 0.242 e. The summed E-state index contributed by atoms with van der Waals surface area (Å²) in [6, 6.07) is 8.19. The lowest BCUT2D eigenvalue weighted by Gasteiger charge is -2.38. The lowest BCUT2D eigenvalue weighted by atomic mass is 10.1. The van der Waals surface area contributed by atoms with Crippen LogP contribution in [0.25, 0.3) is 0 Å². The van der Waals surface area contributed by atoms with E-state index in [9.17, 15) is 0 Å². The summed E-state index contributed by atoms with van der Waals surface area (Å²) >= 11 is 0. The number of hydrogen-bond acceptors (Lipinski definition) is 3. The van der Waals surface area contributed by atoms with Crippen molar-refractivity contribution in [2.75, 3.05) is 0 Å². The fraction of sp³-hybridized carbons (Fsp3) is 1.00. The molecule has 0 spiro atoms. The molecule has 0 fully saturated rings. The Balaban J connectivity index is 4.53. The number of unbranched alkanes of at least 4 members (excludes halogenated alkanes) is 7. The molecule has 0 bridgehead atoms. The Hall–Kier alpha value is 0.531. The molecule has 29 heavy (non-hydrogen) atoms. The summed E-state index contributed by atoms with van der Waals surface area (Å²) in [6.07, 6.45) is 11.1. The van der Waals surface area contributed by atoms with E-state index < -0.39 is 26.4 Å². The summed E-state index contributed by atoms with van der Waals surface area (Å²) in [7, 11) is -4.02. The summed E-state index contributed by atoms with van der Waals surface area (Å²) in [6.45, 7) is 15.7. The van der Waals surface area contributed by atoms with Crippen molar-refractivity contribution in [3.8, 4) is 0 Å². The SMILES string of the molecule is CCCCCCCCCC[SiH2]OC(O[Si](CC)(CC)CC)O[Si](CC)(CC)CC. The summed E-state index contributed by atoms with van der Waals surface area (Å²) in [5.41, 5.74) is 0. The summed E-state index contributed by atoms with van der Waals surface area (Å²) in [5, 5.41) is 0. The summed E-state index contributed by atoms with van der Waals surface area (Å²) in [5.74, 6) is 0. The third kappa shape index (κ3) is 12.2. The minimum Gasteiger partial charge on any atom is -0.380 e. The molecular formula is C23H54O3Si3. The van der Waals surface area contributed by atoms with Gasteiger partial charge >= 0.3 is 0 Å². The zero-order valence-corrected chi connectivity index (χ0v) is 24.5. The van der Waals surface area contributed by atoms with E-state index in [2.05, 4.69) is 48.5 Å². The first-order valence-corrected chi connectivity index (χ1v) is 19.6. The van der Waals surface area contributed by atoms with Gasteiger partial charge in [0.25, 0.3) is 0 Å². The third-order valence-corrected chi connectivity index (χ3v) is 17.5. The van der Waals surface area contributed by atoms with Crippen LogP contribution >= 0.6 is 0 Å². The zero-order chi connectivity index (χ0) is 22.0. The minimum absolute atomic E-state index is 0.367. The van der Waals surface area contributed by atoms with Crippen LogP contribution in [-0.4, -0.2) is 32.9 Å². The molecule has 0 aliphatic rings. The van der Waals surface area contributed by atoms with Crippen molar-refractivity contribution in [2.45, 2.75) is 149 Å². The van der Waals surface area contributed by atoms with Gasteiger partial charge in [-0.25, -0.2) is 0 Å². The predicted molar refractivity (Wildman–Crippen MR) is 137 cm³/mol. The van der Waals surface area contributed by atoms with Gasteiger partial charge in [-0.3, -0.25) is 0 Å². The number of rotatable bonds is 21. The molecular weight excluding hydrogens is 409 g/mol. The Kier molecular flexibility index (Phi) is 18.5. The first-order valence-electron chi connectivity index (χ1n) is 13.0. The fourth-order valence-electron chi connectivity index (χ4n) is 4.09. The highest BCUT2D eigenvalue weighted by molar-refractivity contribution is 6.74. The van der Waals surface area contributed by atoms with Crippen molar-refractivity contribution in [3.05, 3.63) is 0 Å². The highest BCUT2D eigenvalue weighted by Gasteiger charge is 2.38. The zero-order valence-electron chi connectivity index (χ0n) is 21.1. The van der Waals surface area contributed by atoms with Crippen LogP contribution in [0.3, 0.4) is 0 Å². The third-order valence-electron chi connectivity index (χ3n) is 7.06. The molecule has 0 unspecified atom stereocenters. The topological polar surface area (TPSA) is 27.7 Å². The van der Waals surface area contributed by atoms with E-state index in [1.807, 2.05) is 0 Å². The maximum absolute atomic E-state index is 6.69. The summed E-state index contributed by atoms with van der Waals surface area (Å²) in [4.78, 5) is 0. The van der Waals surface area contributed by atoms with Crippen LogP contribution in [0, 0.1) is 0 Å². The van der Waals surface area contributed by atoms with Gasteiger partial charge in [0.1, 0.15) is 0 Å². The molecule has 0 rings (SSSR count). The lowest BCUT2D eigenvalue weighted by Crippen LogP contribution is -2.48. The Morgan fingerprint density at radius 1 is 0.552 bits per heavy atom. The molecule has 0 amide bonds. The van der Waals surface area contributed by atoms with Crippen LogP contribution in [-0.2, 0) is 13.3 Å². The van der Waals surface area contributed by atoms with Gasteiger partial charge < -0.3 is 13.3 Å². The second-order valence-electron chi connectivity index (χ2n) is 8.71. The minimum atomic E-state index is -1.72. The van der Waals surface area contributed by atoms with Gasteiger partial charge in [0.05, 0.1) is 0 Å². The molecule has 176 valence electrons. The maximum atomic E-state index is 6.69. The average Bonchev–Trinajstić information content (AvgIpc) is 2.77. The van der Waals surface area contributed by atoms with Crippen molar-refractivity contribution < 1.29 is 13.3 Å². The normalized spacial score (nSPS) is 13.2. The van der Waals surface area contributed by atoms with Crippen molar-refractivity contribution in [3.63, 3.8) is 0 Å². The Labute approximate surface area is 188 Å². The van der Waals surface area contributed by atoms with E-state index in [-0.39, 0.29) is 6.48 Å². The molecule has 0 aliphatic heterocycles. The molecule has 0 aromatic heterocycles. The molecule has 0 aromatic carbocycles. The Morgan fingerprint density at radius 3 is 1.31 bits per heavy atom. The highest BCUT2D eigenvalue weighted by Crippen LogP contribution is 2.29. The number of hydrogen-bond donors (Lipinski definition) is 0. The Bertz CT molecular complexity index is 323. The molecule has 0 aromatic rings. The van der Waals surface area contributed by atoms with Crippen LogP contribution < -0.4 is 0 Å². The molecule has 0 radical (unpaired) electrons. The fourth-order valence-corrected chi connectivity index (χ4v) is 10.6. The molecule has 0 atom stereocenters. The monoisotopic (exact) mass is 462 g/mol. The Morgan fingerprint density at radius 2 is 0.931 bits per heavy atom. The highest BCUT2D eigenvalue weighted by atomic mass is 28.4. The van der Waals surface area contributed by atoms with Gasteiger partial charge in [0.15, 0.2) is 26.4 Å². The molecule has 0 saturated carbocycles. The second-order valence-corrected chi connectivity index (χ2v) is 19.6. The standard InChI is InChI=1S/C23H54O3Si3/c1-8-15-16-17-18-19-20-21-22-27-24-23(25-28(9-2,10-3)11-4)26-29(12-5,13-6)14-7/h23H,8-22,27H2,1-7H3. The first kappa shape index (κ1) is 29.5. The van der Waals surface area contributed by atoms with Gasteiger partial charge in [-0.05, 0) is 42.3 Å². The van der Waals surface area contributed by atoms with Gasteiger partial charge in [0, 0.05) is 0 Å². The van der Waals surface area contributed by atoms with Gasteiger partial charge in [-0.15, -0.1) is 0 Å². The largest absolute Gasteiger partial charge is 0.380 e. The molecule has 0 aliphatic carbocycles. The molecule has 6 heteroatoms. The van der Waals surface area contributed by atoms with Crippen LogP contribution in [0.15, 0.2) is 0 Å². The lowest BCUT2D eigenvalue weighted by molar-refractivity contribution is -0.155. The van der Waals surface area contributed by atoms with Crippen molar-refractivity contribution in [2.24, 2.45) is 0 Å².